The van der Waals surface area contributed by atoms with Crippen molar-refractivity contribution < 1.29 is 4.79 Å². The van der Waals surface area contributed by atoms with E-state index in [1.54, 1.807) is 6.07 Å². The molecule has 0 saturated heterocycles. The van der Waals surface area contributed by atoms with Gasteiger partial charge in [-0.15, -0.1) is 0 Å². The summed E-state index contributed by atoms with van der Waals surface area (Å²) in [4.78, 5) is 15.2. The highest BCUT2D eigenvalue weighted by Gasteiger charge is 2.27. The van der Waals surface area contributed by atoms with Crippen LogP contribution < -0.4 is 0 Å². The summed E-state index contributed by atoms with van der Waals surface area (Å²) in [5.41, 5.74) is 1.81. The lowest BCUT2D eigenvalue weighted by molar-refractivity contribution is 0.111. The second-order valence-electron chi connectivity index (χ2n) is 3.82. The number of aldehydes is 1. The van der Waals surface area contributed by atoms with E-state index in [0.29, 0.717) is 16.9 Å². The fraction of sp³-hybridized carbons (Fsp3) is 0.273. The minimum atomic E-state index is 0.439. The molecule has 1 aromatic heterocycles. The number of fused-ring (bicyclic) bond motifs is 1. The smallest absolute Gasteiger partial charge is 0.185 e. The summed E-state index contributed by atoms with van der Waals surface area (Å²) >= 11 is 5.94. The van der Waals surface area contributed by atoms with Crippen molar-refractivity contribution in [2.24, 2.45) is 0 Å². The topological polar surface area (TPSA) is 34.9 Å². The lowest BCUT2D eigenvalue weighted by atomic mass is 10.3. The van der Waals surface area contributed by atoms with Crippen molar-refractivity contribution in [3.05, 3.63) is 29.0 Å². The number of carbonyl (C=O) groups excluding carboxylic acids is 1. The minimum absolute atomic E-state index is 0.439. The maximum Gasteiger partial charge on any atom is 0.185 e. The molecule has 1 aliphatic rings. The van der Waals surface area contributed by atoms with Crippen molar-refractivity contribution in [3.8, 4) is 0 Å². The van der Waals surface area contributed by atoms with Crippen LogP contribution in [0.2, 0.25) is 5.02 Å². The Balaban J connectivity index is 2.34. The number of carbonyl (C=O) groups is 1. The average molecular weight is 221 g/mol. The van der Waals surface area contributed by atoms with Crippen LogP contribution in [0.4, 0.5) is 0 Å². The fourth-order valence-electron chi connectivity index (χ4n) is 1.88. The molecule has 1 aliphatic carbocycles. The highest BCUT2D eigenvalue weighted by Crippen LogP contribution is 2.38. The SMILES string of the molecule is O=Cc1nc2ccc(Cl)cc2n1C1CC1. The van der Waals surface area contributed by atoms with E-state index in [1.165, 1.54) is 0 Å². The van der Waals surface area contributed by atoms with Crippen LogP contribution in [0.3, 0.4) is 0 Å². The van der Waals surface area contributed by atoms with Crippen LogP contribution in [0.15, 0.2) is 18.2 Å². The van der Waals surface area contributed by atoms with E-state index in [0.717, 1.165) is 30.2 Å². The van der Waals surface area contributed by atoms with Crippen molar-refractivity contribution in [1.29, 1.82) is 0 Å². The number of rotatable bonds is 2. The predicted molar refractivity (Wildman–Crippen MR) is 58.4 cm³/mol. The molecule has 3 rings (SSSR count). The van der Waals surface area contributed by atoms with Gasteiger partial charge in [-0.25, -0.2) is 4.98 Å². The van der Waals surface area contributed by atoms with E-state index in [2.05, 4.69) is 4.98 Å². The summed E-state index contributed by atoms with van der Waals surface area (Å²) in [6, 6.07) is 5.95. The molecule has 1 heterocycles. The Morgan fingerprint density at radius 1 is 1.47 bits per heavy atom. The highest BCUT2D eigenvalue weighted by atomic mass is 35.5. The van der Waals surface area contributed by atoms with E-state index in [-0.39, 0.29) is 0 Å². The normalized spacial score (nSPS) is 15.8. The lowest BCUT2D eigenvalue weighted by Crippen LogP contribution is -1.99. The minimum Gasteiger partial charge on any atom is -0.319 e. The molecule has 0 unspecified atom stereocenters. The number of hydrogen-bond acceptors (Lipinski definition) is 2. The molecule has 0 bridgehead atoms. The van der Waals surface area contributed by atoms with Gasteiger partial charge in [-0.05, 0) is 31.0 Å². The standard InChI is InChI=1S/C11H9ClN2O/c12-7-1-4-9-10(5-7)14(8-2-3-8)11(6-15)13-9/h1,4-6,8H,2-3H2. The number of aromatic nitrogens is 2. The molecule has 1 saturated carbocycles. The van der Waals surface area contributed by atoms with E-state index < -0.39 is 0 Å². The molecular weight excluding hydrogens is 212 g/mol. The van der Waals surface area contributed by atoms with Crippen LogP contribution in [-0.2, 0) is 0 Å². The maximum atomic E-state index is 10.9. The van der Waals surface area contributed by atoms with Gasteiger partial charge in [0.1, 0.15) is 0 Å². The Morgan fingerprint density at radius 3 is 2.93 bits per heavy atom. The first-order valence-corrected chi connectivity index (χ1v) is 5.30. The summed E-state index contributed by atoms with van der Waals surface area (Å²) in [5, 5.41) is 0.682. The molecule has 2 aromatic rings. The second-order valence-corrected chi connectivity index (χ2v) is 4.26. The van der Waals surface area contributed by atoms with Crippen molar-refractivity contribution in [2.45, 2.75) is 18.9 Å². The van der Waals surface area contributed by atoms with E-state index >= 15 is 0 Å². The molecule has 0 N–H and O–H groups in total. The molecule has 0 amide bonds. The Morgan fingerprint density at radius 2 is 2.27 bits per heavy atom. The first-order chi connectivity index (χ1) is 7.29. The van der Waals surface area contributed by atoms with Crippen LogP contribution in [0.5, 0.6) is 0 Å². The Hall–Kier alpha value is -1.35. The van der Waals surface area contributed by atoms with Gasteiger partial charge in [0.15, 0.2) is 12.1 Å². The third kappa shape index (κ3) is 1.35. The van der Waals surface area contributed by atoms with Gasteiger partial charge in [0, 0.05) is 11.1 Å². The molecule has 0 aliphatic heterocycles. The van der Waals surface area contributed by atoms with Crippen LogP contribution in [-0.4, -0.2) is 15.8 Å². The first-order valence-electron chi connectivity index (χ1n) is 4.92. The molecule has 0 atom stereocenters. The fourth-order valence-corrected chi connectivity index (χ4v) is 2.05. The summed E-state index contributed by atoms with van der Waals surface area (Å²) in [6.45, 7) is 0. The zero-order valence-corrected chi connectivity index (χ0v) is 8.74. The quantitative estimate of drug-likeness (QED) is 0.730. The molecular formula is C11H9ClN2O. The van der Waals surface area contributed by atoms with Gasteiger partial charge in [-0.3, -0.25) is 4.79 Å². The highest BCUT2D eigenvalue weighted by molar-refractivity contribution is 6.31. The second kappa shape index (κ2) is 3.07. The zero-order chi connectivity index (χ0) is 10.4. The first kappa shape index (κ1) is 8.92. The third-order valence-electron chi connectivity index (χ3n) is 2.70. The molecule has 4 heteroatoms. The number of benzene rings is 1. The number of imidazole rings is 1. The molecule has 76 valence electrons. The summed E-state index contributed by atoms with van der Waals surface area (Å²) < 4.78 is 1.99. The van der Waals surface area contributed by atoms with E-state index in [9.17, 15) is 4.79 Å². The van der Waals surface area contributed by atoms with Crippen molar-refractivity contribution in [3.63, 3.8) is 0 Å². The van der Waals surface area contributed by atoms with Crippen molar-refractivity contribution in [2.75, 3.05) is 0 Å². The summed E-state index contributed by atoms with van der Waals surface area (Å²) in [7, 11) is 0. The molecule has 3 nitrogen and oxygen atoms in total. The number of nitrogens with zero attached hydrogens (tertiary/aromatic N) is 2. The summed E-state index contributed by atoms with van der Waals surface area (Å²) in [5.74, 6) is 0.509. The van der Waals surface area contributed by atoms with Crippen LogP contribution in [0.25, 0.3) is 11.0 Å². The number of halogens is 1. The zero-order valence-electron chi connectivity index (χ0n) is 7.98. The predicted octanol–water partition coefficient (Wildman–Crippen LogP) is 2.84. The van der Waals surface area contributed by atoms with Crippen LogP contribution >= 0.6 is 11.6 Å². The molecule has 1 fully saturated rings. The van der Waals surface area contributed by atoms with Crippen LogP contribution in [0, 0.1) is 0 Å². The van der Waals surface area contributed by atoms with Gasteiger partial charge in [0.05, 0.1) is 11.0 Å². The third-order valence-corrected chi connectivity index (χ3v) is 2.93. The molecule has 0 radical (unpaired) electrons. The van der Waals surface area contributed by atoms with Crippen LogP contribution in [0.1, 0.15) is 29.5 Å². The van der Waals surface area contributed by atoms with Gasteiger partial charge in [-0.1, -0.05) is 11.6 Å². The molecule has 0 spiro atoms. The van der Waals surface area contributed by atoms with Gasteiger partial charge in [0.25, 0.3) is 0 Å². The summed E-state index contributed by atoms with van der Waals surface area (Å²) in [6.07, 6.45) is 3.06. The van der Waals surface area contributed by atoms with Gasteiger partial charge < -0.3 is 4.57 Å². The van der Waals surface area contributed by atoms with E-state index in [4.69, 9.17) is 11.6 Å². The monoisotopic (exact) mass is 220 g/mol. The van der Waals surface area contributed by atoms with E-state index in [1.807, 2.05) is 16.7 Å². The maximum absolute atomic E-state index is 10.9. The largest absolute Gasteiger partial charge is 0.319 e. The lowest BCUT2D eigenvalue weighted by Gasteiger charge is -2.02. The average Bonchev–Trinajstić information content (AvgIpc) is 2.99. The van der Waals surface area contributed by atoms with Crippen molar-refractivity contribution in [1.82, 2.24) is 9.55 Å². The van der Waals surface area contributed by atoms with Crippen molar-refractivity contribution >= 4 is 28.9 Å². The number of hydrogen-bond donors (Lipinski definition) is 0. The molecule has 15 heavy (non-hydrogen) atoms. The van der Waals surface area contributed by atoms with Gasteiger partial charge in [0.2, 0.25) is 0 Å². The Kier molecular flexibility index (Phi) is 1.83. The van der Waals surface area contributed by atoms with Gasteiger partial charge >= 0.3 is 0 Å². The molecule has 1 aromatic carbocycles. The Labute approximate surface area is 91.7 Å². The van der Waals surface area contributed by atoms with Gasteiger partial charge in [-0.2, -0.15) is 0 Å². The Bertz CT molecular complexity index is 543.